The maximum atomic E-state index is 12.9. The van der Waals surface area contributed by atoms with Crippen LogP contribution in [0.3, 0.4) is 0 Å². The van der Waals surface area contributed by atoms with Crippen molar-refractivity contribution in [1.29, 1.82) is 0 Å². The Kier molecular flexibility index (Phi) is 7.01. The van der Waals surface area contributed by atoms with Crippen molar-refractivity contribution in [3.8, 4) is 11.5 Å². The number of methoxy groups -OCH3 is 1. The predicted molar refractivity (Wildman–Crippen MR) is 136 cm³/mol. The number of nitrogens with one attached hydrogen (secondary N) is 1. The Morgan fingerprint density at radius 3 is 2.94 bits per heavy atom. The largest absolute Gasteiger partial charge is 0.491 e. The zero-order valence-electron chi connectivity index (χ0n) is 20.6. The number of amidine groups is 1. The highest BCUT2D eigenvalue weighted by molar-refractivity contribution is 6.20. The van der Waals surface area contributed by atoms with Crippen molar-refractivity contribution in [2.45, 2.75) is 19.4 Å². The highest BCUT2D eigenvalue weighted by Gasteiger charge is 2.33. The first-order valence-electron chi connectivity index (χ1n) is 12.1. The van der Waals surface area contributed by atoms with Crippen LogP contribution in [0.5, 0.6) is 11.5 Å². The molecule has 11 nitrogen and oxygen atoms in total. The average Bonchev–Trinajstić information content (AvgIpc) is 3.37. The van der Waals surface area contributed by atoms with E-state index in [0.717, 1.165) is 44.1 Å². The van der Waals surface area contributed by atoms with E-state index >= 15 is 0 Å². The number of carbonyl (C=O) groups excluding carboxylic acids is 1. The zero-order chi connectivity index (χ0) is 25.1. The fraction of sp³-hybridized carbons (Fsp3) is 0.440. The fourth-order valence-corrected chi connectivity index (χ4v) is 4.58. The van der Waals surface area contributed by atoms with Crippen LogP contribution in [0.4, 0.5) is 11.5 Å². The number of ether oxygens (including phenoxy) is 3. The third kappa shape index (κ3) is 4.98. The number of aliphatic imine (C=N–C) groups is 2. The number of anilines is 1. The molecule has 3 aliphatic rings. The van der Waals surface area contributed by atoms with Crippen LogP contribution in [0.2, 0.25) is 0 Å². The topological polar surface area (TPSA) is 127 Å². The molecule has 1 amide bonds. The van der Waals surface area contributed by atoms with Gasteiger partial charge in [0, 0.05) is 37.9 Å². The number of amides is 1. The summed E-state index contributed by atoms with van der Waals surface area (Å²) in [4.78, 5) is 30.6. The smallest absolute Gasteiger partial charge is 0.259 e. The third-order valence-electron chi connectivity index (χ3n) is 6.33. The molecule has 2 aromatic rings. The quantitative estimate of drug-likeness (QED) is 0.558. The summed E-state index contributed by atoms with van der Waals surface area (Å²) in [5.74, 6) is 2.27. The van der Waals surface area contributed by atoms with Crippen molar-refractivity contribution in [3.05, 3.63) is 41.6 Å². The van der Waals surface area contributed by atoms with E-state index in [4.69, 9.17) is 24.9 Å². The highest BCUT2D eigenvalue weighted by atomic mass is 16.5. The van der Waals surface area contributed by atoms with Gasteiger partial charge in [0.25, 0.3) is 5.91 Å². The molecule has 1 aromatic heterocycles. The number of nitrogens with two attached hydrogens (primary N) is 1. The molecule has 0 saturated carbocycles. The van der Waals surface area contributed by atoms with Crippen molar-refractivity contribution < 1.29 is 19.0 Å². The van der Waals surface area contributed by atoms with Gasteiger partial charge >= 0.3 is 0 Å². The van der Waals surface area contributed by atoms with Crippen LogP contribution in [-0.4, -0.2) is 91.6 Å². The van der Waals surface area contributed by atoms with Crippen LogP contribution in [0, 0.1) is 0 Å². The molecule has 0 bridgehead atoms. The lowest BCUT2D eigenvalue weighted by atomic mass is 10.1. The fourth-order valence-electron chi connectivity index (χ4n) is 4.58. The van der Waals surface area contributed by atoms with Crippen molar-refractivity contribution >= 4 is 29.2 Å². The second kappa shape index (κ2) is 10.5. The van der Waals surface area contributed by atoms with E-state index in [9.17, 15) is 4.79 Å². The number of carbonyl (C=O) groups is 1. The summed E-state index contributed by atoms with van der Waals surface area (Å²) >= 11 is 0. The first-order valence-corrected chi connectivity index (χ1v) is 12.1. The summed E-state index contributed by atoms with van der Waals surface area (Å²) in [6.45, 7) is 7.47. The van der Waals surface area contributed by atoms with Crippen LogP contribution in [-0.2, 0) is 4.74 Å². The van der Waals surface area contributed by atoms with E-state index in [1.807, 2.05) is 17.0 Å². The lowest BCUT2D eigenvalue weighted by molar-refractivity contribution is -0.0193. The molecule has 11 heteroatoms. The summed E-state index contributed by atoms with van der Waals surface area (Å²) in [6.07, 6.45) is 2.58. The number of guanidine groups is 1. The Morgan fingerprint density at radius 1 is 1.28 bits per heavy atom. The first kappa shape index (κ1) is 24.0. The third-order valence-corrected chi connectivity index (χ3v) is 6.33. The second-order valence-electron chi connectivity index (χ2n) is 8.90. The summed E-state index contributed by atoms with van der Waals surface area (Å²) in [7, 11) is 1.59. The number of rotatable bonds is 7. The van der Waals surface area contributed by atoms with Gasteiger partial charge in [0.15, 0.2) is 11.5 Å². The van der Waals surface area contributed by atoms with E-state index < -0.39 is 0 Å². The molecule has 1 fully saturated rings. The molecule has 3 aliphatic heterocycles. The second-order valence-corrected chi connectivity index (χ2v) is 8.90. The molecule has 36 heavy (non-hydrogen) atoms. The van der Waals surface area contributed by atoms with E-state index in [2.05, 4.69) is 27.1 Å². The number of morpholine rings is 1. The van der Waals surface area contributed by atoms with Crippen LogP contribution in [0.25, 0.3) is 0 Å². The van der Waals surface area contributed by atoms with Gasteiger partial charge in [-0.2, -0.15) is 0 Å². The predicted octanol–water partition coefficient (Wildman–Crippen LogP) is 1.66. The number of nitrogens with zero attached hydrogens (tertiary/aromatic N) is 5. The monoisotopic (exact) mass is 493 g/mol. The lowest BCUT2D eigenvalue weighted by Gasteiger charge is -2.31. The average molecular weight is 494 g/mol. The van der Waals surface area contributed by atoms with Crippen LogP contribution < -0.4 is 20.5 Å². The molecule has 5 rings (SSSR count). The molecule has 4 heterocycles. The molecule has 1 atom stereocenters. The Bertz CT molecular complexity index is 1180. The van der Waals surface area contributed by atoms with E-state index in [-0.39, 0.29) is 12.0 Å². The van der Waals surface area contributed by atoms with Gasteiger partial charge in [-0.1, -0.05) is 0 Å². The minimum Gasteiger partial charge on any atom is -0.491 e. The van der Waals surface area contributed by atoms with Gasteiger partial charge in [0.2, 0.25) is 5.96 Å². The van der Waals surface area contributed by atoms with Crippen molar-refractivity contribution in [1.82, 2.24) is 20.1 Å². The molecule has 0 unspecified atom stereocenters. The maximum absolute atomic E-state index is 12.9. The molecule has 1 aromatic carbocycles. The van der Waals surface area contributed by atoms with Gasteiger partial charge in [0.05, 0.1) is 38.5 Å². The van der Waals surface area contributed by atoms with Crippen LogP contribution >= 0.6 is 0 Å². The highest BCUT2D eigenvalue weighted by Crippen LogP contribution is 2.43. The number of fused-ring (bicyclic) bond motifs is 3. The summed E-state index contributed by atoms with van der Waals surface area (Å²) in [6, 6.07) is 7.05. The summed E-state index contributed by atoms with van der Waals surface area (Å²) in [5, 5.41) is 2.89. The molecular formula is C25H31N7O4. The van der Waals surface area contributed by atoms with Gasteiger partial charge in [0.1, 0.15) is 17.3 Å². The Balaban J connectivity index is 1.33. The summed E-state index contributed by atoms with van der Waals surface area (Å²) in [5.41, 5.74) is 7.45. The number of benzene rings is 1. The van der Waals surface area contributed by atoms with Crippen LogP contribution in [0.1, 0.15) is 29.3 Å². The van der Waals surface area contributed by atoms with Crippen molar-refractivity contribution in [2.24, 2.45) is 9.98 Å². The Morgan fingerprint density at radius 2 is 2.17 bits per heavy atom. The van der Waals surface area contributed by atoms with E-state index in [0.29, 0.717) is 54.2 Å². The molecule has 1 saturated heterocycles. The molecule has 0 spiro atoms. The van der Waals surface area contributed by atoms with E-state index in [1.54, 1.807) is 19.2 Å². The molecular weight excluding hydrogens is 462 g/mol. The maximum Gasteiger partial charge on any atom is 0.259 e. The number of hydrogen-bond donors (Lipinski definition) is 2. The van der Waals surface area contributed by atoms with Gasteiger partial charge in [-0.25, -0.2) is 9.98 Å². The first-order chi connectivity index (χ1) is 17.5. The van der Waals surface area contributed by atoms with E-state index in [1.165, 1.54) is 6.20 Å². The van der Waals surface area contributed by atoms with Gasteiger partial charge in [-0.05, 0) is 37.6 Å². The Labute approximate surface area is 210 Å². The summed E-state index contributed by atoms with van der Waals surface area (Å²) < 4.78 is 17.5. The standard InChI is InChI=1S/C25H31N7O4/c1-16-15-31(11-13-35-16)9-3-12-36-19-6-5-18-21(22(19)34-2)29-25(32-10-8-27-23(18)32)30-24(33)17-4-7-20(26)28-14-17/h4-7,14,16H,3,8-13,15H2,1-2H3,(H2,26,28)(H,29,30,33)/t16-/m1/s1. The van der Waals surface area contributed by atoms with Gasteiger partial charge in [-0.15, -0.1) is 0 Å². The Hall–Kier alpha value is -3.70. The van der Waals surface area contributed by atoms with Gasteiger partial charge < -0.3 is 19.9 Å². The number of nitrogen functional groups attached to an aromatic ring is 1. The number of hydrogen-bond acceptors (Lipinski definition) is 10. The van der Waals surface area contributed by atoms with Crippen molar-refractivity contribution in [2.75, 3.05) is 58.8 Å². The molecule has 3 N–H and O–H groups in total. The number of aromatic nitrogens is 1. The zero-order valence-corrected chi connectivity index (χ0v) is 20.6. The van der Waals surface area contributed by atoms with Crippen molar-refractivity contribution in [3.63, 3.8) is 0 Å². The van der Waals surface area contributed by atoms with Gasteiger partial charge in [-0.3, -0.25) is 24.9 Å². The molecule has 0 aliphatic carbocycles. The van der Waals surface area contributed by atoms with Crippen LogP contribution in [0.15, 0.2) is 40.4 Å². The minimum absolute atomic E-state index is 0.266. The lowest BCUT2D eigenvalue weighted by Crippen LogP contribution is -2.47. The minimum atomic E-state index is -0.334. The molecule has 0 radical (unpaired) electrons. The normalized spacial score (nSPS) is 19.2. The SMILES string of the molecule is COc1c(OCCCN2CCO[C@H](C)C2)ccc2c1N=C(NC(=O)c1ccc(N)nc1)N1CCN=C21. The number of pyridine rings is 1. The molecule has 190 valence electrons.